The molecular weight excluding hydrogens is 320 g/mol. The van der Waals surface area contributed by atoms with Crippen LogP contribution >= 0.6 is 12.2 Å². The SMILES string of the molecule is COC(OC)C(C)NC(=S)NC(c1ccccc1)c1ccccc1. The zero-order valence-corrected chi connectivity index (χ0v) is 15.0. The topological polar surface area (TPSA) is 42.5 Å². The van der Waals surface area contributed by atoms with Crippen LogP contribution in [-0.2, 0) is 9.47 Å². The van der Waals surface area contributed by atoms with E-state index < -0.39 is 0 Å². The summed E-state index contributed by atoms with van der Waals surface area (Å²) in [5.74, 6) is 0. The van der Waals surface area contributed by atoms with Gasteiger partial charge in [-0.3, -0.25) is 0 Å². The normalized spacial score (nSPS) is 12.2. The molecule has 0 aliphatic carbocycles. The number of thiocarbonyl (C=S) groups is 1. The summed E-state index contributed by atoms with van der Waals surface area (Å²) in [5, 5.41) is 7.17. The Bertz CT molecular complexity index is 578. The van der Waals surface area contributed by atoms with E-state index in [9.17, 15) is 0 Å². The standard InChI is InChI=1S/C19H24N2O2S/c1-14(18(22-2)23-3)20-19(24)21-17(15-10-6-4-7-11-15)16-12-8-5-9-13-16/h4-14,17-18H,1-3H3,(H2,20,21,24). The van der Waals surface area contributed by atoms with E-state index in [2.05, 4.69) is 34.9 Å². The first kappa shape index (κ1) is 18.4. The van der Waals surface area contributed by atoms with Crippen molar-refractivity contribution in [2.75, 3.05) is 14.2 Å². The molecule has 0 aliphatic heterocycles. The van der Waals surface area contributed by atoms with Crippen molar-refractivity contribution < 1.29 is 9.47 Å². The average Bonchev–Trinajstić information content (AvgIpc) is 2.62. The van der Waals surface area contributed by atoms with E-state index >= 15 is 0 Å². The zero-order valence-electron chi connectivity index (χ0n) is 14.2. The van der Waals surface area contributed by atoms with Crippen LogP contribution in [0.3, 0.4) is 0 Å². The zero-order chi connectivity index (χ0) is 17.4. The van der Waals surface area contributed by atoms with Gasteiger partial charge in [0.1, 0.15) is 0 Å². The summed E-state index contributed by atoms with van der Waals surface area (Å²) in [6.45, 7) is 1.96. The Balaban J connectivity index is 2.13. The van der Waals surface area contributed by atoms with Crippen LogP contribution in [0.4, 0.5) is 0 Å². The fourth-order valence-electron chi connectivity index (χ4n) is 2.60. The van der Waals surface area contributed by atoms with Crippen LogP contribution in [-0.4, -0.2) is 31.7 Å². The summed E-state index contributed by atoms with van der Waals surface area (Å²) in [7, 11) is 3.22. The van der Waals surface area contributed by atoms with E-state index in [0.29, 0.717) is 5.11 Å². The predicted molar refractivity (Wildman–Crippen MR) is 101 cm³/mol. The Morgan fingerprint density at radius 3 is 1.71 bits per heavy atom. The molecule has 0 radical (unpaired) electrons. The van der Waals surface area contributed by atoms with Crippen LogP contribution in [0.5, 0.6) is 0 Å². The first-order chi connectivity index (χ1) is 11.7. The van der Waals surface area contributed by atoms with E-state index in [0.717, 1.165) is 11.1 Å². The van der Waals surface area contributed by atoms with Gasteiger partial charge in [-0.05, 0) is 30.3 Å². The van der Waals surface area contributed by atoms with Gasteiger partial charge >= 0.3 is 0 Å². The van der Waals surface area contributed by atoms with Crippen molar-refractivity contribution in [3.8, 4) is 0 Å². The Labute approximate surface area is 149 Å². The van der Waals surface area contributed by atoms with Crippen molar-refractivity contribution in [2.24, 2.45) is 0 Å². The molecule has 2 N–H and O–H groups in total. The molecule has 5 heteroatoms. The third kappa shape index (κ3) is 5.03. The third-order valence-electron chi connectivity index (χ3n) is 3.77. The van der Waals surface area contributed by atoms with Gasteiger partial charge in [0.25, 0.3) is 0 Å². The predicted octanol–water partition coefficient (Wildman–Crippen LogP) is 3.25. The molecule has 2 aromatic carbocycles. The minimum absolute atomic E-state index is 0.0249. The number of methoxy groups -OCH3 is 2. The molecule has 0 aromatic heterocycles. The smallest absolute Gasteiger partial charge is 0.176 e. The van der Waals surface area contributed by atoms with Gasteiger partial charge in [0, 0.05) is 14.2 Å². The number of ether oxygens (including phenoxy) is 2. The van der Waals surface area contributed by atoms with Gasteiger partial charge in [0.2, 0.25) is 0 Å². The molecule has 1 unspecified atom stereocenters. The molecule has 24 heavy (non-hydrogen) atoms. The molecule has 0 bridgehead atoms. The molecule has 2 rings (SSSR count). The third-order valence-corrected chi connectivity index (χ3v) is 4.01. The lowest BCUT2D eigenvalue weighted by Gasteiger charge is -2.26. The monoisotopic (exact) mass is 344 g/mol. The second kappa shape index (κ2) is 9.37. The number of hydrogen-bond donors (Lipinski definition) is 2. The van der Waals surface area contributed by atoms with Crippen molar-refractivity contribution in [3.05, 3.63) is 71.8 Å². The summed E-state index contributed by atoms with van der Waals surface area (Å²) < 4.78 is 10.5. The van der Waals surface area contributed by atoms with Crippen LogP contribution in [0.1, 0.15) is 24.1 Å². The molecule has 1 atom stereocenters. The summed E-state index contributed by atoms with van der Waals surface area (Å²) in [4.78, 5) is 0. The molecule has 0 heterocycles. The Hall–Kier alpha value is -1.95. The van der Waals surface area contributed by atoms with Crippen LogP contribution < -0.4 is 10.6 Å². The Kier molecular flexibility index (Phi) is 7.18. The molecule has 0 saturated heterocycles. The molecule has 2 aromatic rings. The highest BCUT2D eigenvalue weighted by Gasteiger charge is 2.19. The summed E-state index contributed by atoms with van der Waals surface area (Å²) >= 11 is 5.49. The van der Waals surface area contributed by atoms with E-state index in [1.54, 1.807) is 14.2 Å². The molecule has 4 nitrogen and oxygen atoms in total. The molecule has 0 spiro atoms. The van der Waals surface area contributed by atoms with E-state index in [4.69, 9.17) is 21.7 Å². The highest BCUT2D eigenvalue weighted by molar-refractivity contribution is 7.80. The first-order valence-corrected chi connectivity index (χ1v) is 8.29. The number of nitrogens with one attached hydrogen (secondary N) is 2. The van der Waals surface area contributed by atoms with Gasteiger partial charge in [-0.25, -0.2) is 0 Å². The van der Waals surface area contributed by atoms with Crippen LogP contribution in [0.2, 0.25) is 0 Å². The maximum absolute atomic E-state index is 5.49. The summed E-state index contributed by atoms with van der Waals surface area (Å²) in [5.41, 5.74) is 2.30. The van der Waals surface area contributed by atoms with Crippen molar-refractivity contribution in [2.45, 2.75) is 25.3 Å². The van der Waals surface area contributed by atoms with Gasteiger partial charge in [-0.2, -0.15) is 0 Å². The molecule has 0 amide bonds. The second-order valence-electron chi connectivity index (χ2n) is 5.50. The van der Waals surface area contributed by atoms with Gasteiger partial charge in [0.05, 0.1) is 12.1 Å². The number of benzene rings is 2. The van der Waals surface area contributed by atoms with Gasteiger partial charge < -0.3 is 20.1 Å². The van der Waals surface area contributed by atoms with Gasteiger partial charge in [0.15, 0.2) is 11.4 Å². The molecule has 0 aliphatic rings. The maximum Gasteiger partial charge on any atom is 0.176 e. The van der Waals surface area contributed by atoms with Gasteiger partial charge in [-0.1, -0.05) is 60.7 Å². The van der Waals surface area contributed by atoms with E-state index in [1.165, 1.54) is 0 Å². The largest absolute Gasteiger partial charge is 0.355 e. The average molecular weight is 344 g/mol. The minimum atomic E-state index is -0.364. The van der Waals surface area contributed by atoms with Crippen LogP contribution in [0, 0.1) is 0 Å². The second-order valence-corrected chi connectivity index (χ2v) is 5.91. The lowest BCUT2D eigenvalue weighted by Crippen LogP contribution is -2.48. The fraction of sp³-hybridized carbons (Fsp3) is 0.316. The molecule has 128 valence electrons. The lowest BCUT2D eigenvalue weighted by atomic mass is 9.99. The molecular formula is C19H24N2O2S. The first-order valence-electron chi connectivity index (χ1n) is 7.88. The Morgan fingerprint density at radius 2 is 1.29 bits per heavy atom. The molecule has 0 fully saturated rings. The van der Waals surface area contributed by atoms with Gasteiger partial charge in [-0.15, -0.1) is 0 Å². The quantitative estimate of drug-likeness (QED) is 0.596. The summed E-state index contributed by atoms with van der Waals surface area (Å²) in [6, 6.07) is 20.4. The Morgan fingerprint density at radius 1 is 0.833 bits per heavy atom. The molecule has 0 saturated carbocycles. The highest BCUT2D eigenvalue weighted by atomic mass is 32.1. The summed E-state index contributed by atoms with van der Waals surface area (Å²) in [6.07, 6.45) is -0.364. The van der Waals surface area contributed by atoms with Crippen LogP contribution in [0.15, 0.2) is 60.7 Å². The maximum atomic E-state index is 5.49. The van der Waals surface area contributed by atoms with Crippen LogP contribution in [0.25, 0.3) is 0 Å². The minimum Gasteiger partial charge on any atom is -0.355 e. The van der Waals surface area contributed by atoms with Crippen molar-refractivity contribution in [1.82, 2.24) is 10.6 Å². The highest BCUT2D eigenvalue weighted by Crippen LogP contribution is 2.21. The number of hydrogen-bond acceptors (Lipinski definition) is 3. The van der Waals surface area contributed by atoms with Crippen molar-refractivity contribution in [1.29, 1.82) is 0 Å². The lowest BCUT2D eigenvalue weighted by molar-refractivity contribution is -0.116. The van der Waals surface area contributed by atoms with E-state index in [1.807, 2.05) is 43.3 Å². The van der Waals surface area contributed by atoms with E-state index in [-0.39, 0.29) is 18.4 Å². The fourth-order valence-corrected chi connectivity index (χ4v) is 2.91. The van der Waals surface area contributed by atoms with Crippen molar-refractivity contribution in [3.63, 3.8) is 0 Å². The number of rotatable bonds is 7. The van der Waals surface area contributed by atoms with Crippen molar-refractivity contribution >= 4 is 17.3 Å².